The molecule has 0 unspecified atom stereocenters. The molecule has 0 fully saturated rings. The summed E-state index contributed by atoms with van der Waals surface area (Å²) in [6.45, 7) is 2.76. The van der Waals surface area contributed by atoms with Crippen LogP contribution in [0, 0.1) is 0 Å². The molecule has 4 nitrogen and oxygen atoms in total. The average Bonchev–Trinajstić information content (AvgIpc) is 2.30. The first-order valence-electron chi connectivity index (χ1n) is 5.46. The lowest BCUT2D eigenvalue weighted by atomic mass is 10.2. The van der Waals surface area contributed by atoms with E-state index >= 15 is 0 Å². The highest BCUT2D eigenvalue weighted by Gasteiger charge is 2.06. The third kappa shape index (κ3) is 4.39. The first-order valence-corrected chi connectivity index (χ1v) is 5.84. The minimum Gasteiger partial charge on any atom is -0.496 e. The van der Waals surface area contributed by atoms with Crippen LogP contribution < -0.4 is 10.1 Å². The number of hydrogen-bond acceptors (Lipinski definition) is 3. The van der Waals surface area contributed by atoms with Gasteiger partial charge >= 0.3 is 5.97 Å². The summed E-state index contributed by atoms with van der Waals surface area (Å²) in [5.41, 5.74) is 1.61. The number of hydrogen-bond donors (Lipinski definition) is 2. The Balaban J connectivity index is 2.62. The molecule has 0 atom stereocenters. The van der Waals surface area contributed by atoms with Gasteiger partial charge in [-0.25, -0.2) is 4.79 Å². The van der Waals surface area contributed by atoms with Gasteiger partial charge in [-0.2, -0.15) is 0 Å². The molecule has 0 aliphatic rings. The summed E-state index contributed by atoms with van der Waals surface area (Å²) in [6.07, 6.45) is 1.18. The number of aliphatic carboxylic acids is 1. The monoisotopic (exact) mass is 269 g/mol. The molecule has 0 aromatic heterocycles. The molecule has 1 aromatic carbocycles. The summed E-state index contributed by atoms with van der Waals surface area (Å²) in [6, 6.07) is 5.45. The molecular weight excluding hydrogens is 254 g/mol. The first kappa shape index (κ1) is 14.5. The molecule has 0 radical (unpaired) electrons. The number of methoxy groups -OCH3 is 1. The van der Waals surface area contributed by atoms with Crippen molar-refractivity contribution in [2.75, 3.05) is 13.7 Å². The molecule has 5 heteroatoms. The largest absolute Gasteiger partial charge is 0.496 e. The van der Waals surface area contributed by atoms with E-state index in [1.165, 1.54) is 6.08 Å². The zero-order valence-corrected chi connectivity index (χ0v) is 11.1. The van der Waals surface area contributed by atoms with Crippen molar-refractivity contribution < 1.29 is 14.6 Å². The SMILES string of the molecule is COc1cccc(Cl)c1CNC/C(C)=C/C(=O)O. The number of carbonyl (C=O) groups is 1. The lowest BCUT2D eigenvalue weighted by Crippen LogP contribution is -2.17. The van der Waals surface area contributed by atoms with E-state index in [1.807, 2.05) is 12.1 Å². The van der Waals surface area contributed by atoms with Crippen molar-refractivity contribution in [2.45, 2.75) is 13.5 Å². The Hall–Kier alpha value is -1.52. The van der Waals surface area contributed by atoms with Gasteiger partial charge in [0.1, 0.15) is 5.75 Å². The minimum atomic E-state index is -0.940. The molecule has 2 N–H and O–H groups in total. The number of nitrogens with one attached hydrogen (secondary N) is 1. The van der Waals surface area contributed by atoms with Crippen molar-refractivity contribution >= 4 is 17.6 Å². The molecule has 0 spiro atoms. The Morgan fingerprint density at radius 1 is 1.56 bits per heavy atom. The van der Waals surface area contributed by atoms with Crippen LogP contribution in [0.15, 0.2) is 29.8 Å². The Labute approximate surface area is 111 Å². The van der Waals surface area contributed by atoms with E-state index in [0.29, 0.717) is 18.1 Å². The van der Waals surface area contributed by atoms with E-state index in [9.17, 15) is 4.79 Å². The number of ether oxygens (including phenoxy) is 1. The van der Waals surface area contributed by atoms with E-state index < -0.39 is 5.97 Å². The van der Waals surface area contributed by atoms with Crippen LogP contribution in [0.5, 0.6) is 5.75 Å². The summed E-state index contributed by atoms with van der Waals surface area (Å²) < 4.78 is 5.22. The number of carboxylic acid groups (broad SMARTS) is 1. The first-order chi connectivity index (χ1) is 8.54. The summed E-state index contributed by atoms with van der Waals surface area (Å²) in [4.78, 5) is 10.5. The smallest absolute Gasteiger partial charge is 0.328 e. The van der Waals surface area contributed by atoms with Gasteiger partial charge in [-0.05, 0) is 19.1 Å². The number of benzene rings is 1. The van der Waals surface area contributed by atoms with Crippen LogP contribution in [0.4, 0.5) is 0 Å². The Bertz CT molecular complexity index is 458. The molecular formula is C13H16ClNO3. The van der Waals surface area contributed by atoms with Crippen LogP contribution in [0.3, 0.4) is 0 Å². The van der Waals surface area contributed by atoms with Crippen LogP contribution in [0.25, 0.3) is 0 Å². The van der Waals surface area contributed by atoms with Crippen molar-refractivity contribution in [3.63, 3.8) is 0 Å². The minimum absolute atomic E-state index is 0.487. The summed E-state index contributed by atoms with van der Waals surface area (Å²) in [7, 11) is 1.59. The van der Waals surface area contributed by atoms with Gasteiger partial charge in [-0.15, -0.1) is 0 Å². The van der Waals surface area contributed by atoms with Crippen molar-refractivity contribution in [1.29, 1.82) is 0 Å². The summed E-state index contributed by atoms with van der Waals surface area (Å²) >= 11 is 6.08. The second kappa shape index (κ2) is 7.03. The van der Waals surface area contributed by atoms with Gasteiger partial charge in [-0.3, -0.25) is 0 Å². The van der Waals surface area contributed by atoms with Crippen molar-refractivity contribution in [2.24, 2.45) is 0 Å². The third-order valence-corrected chi connectivity index (χ3v) is 2.73. The standard InChI is InChI=1S/C13H16ClNO3/c1-9(6-13(16)17)7-15-8-10-11(14)4-3-5-12(10)18-2/h3-6,15H,7-8H2,1-2H3,(H,16,17)/b9-6+. The average molecular weight is 270 g/mol. The fourth-order valence-corrected chi connectivity index (χ4v) is 1.78. The second-order valence-corrected chi connectivity index (χ2v) is 4.26. The van der Waals surface area contributed by atoms with Gasteiger partial charge in [0.05, 0.1) is 7.11 Å². The lowest BCUT2D eigenvalue weighted by Gasteiger charge is -2.11. The van der Waals surface area contributed by atoms with Gasteiger partial charge in [-0.1, -0.05) is 23.2 Å². The quantitative estimate of drug-likeness (QED) is 0.779. The molecule has 0 saturated heterocycles. The highest BCUT2D eigenvalue weighted by Crippen LogP contribution is 2.25. The Morgan fingerprint density at radius 3 is 2.89 bits per heavy atom. The van der Waals surface area contributed by atoms with Crippen molar-refractivity contribution in [3.8, 4) is 5.75 Å². The highest BCUT2D eigenvalue weighted by molar-refractivity contribution is 6.31. The second-order valence-electron chi connectivity index (χ2n) is 3.85. The Morgan fingerprint density at radius 2 is 2.28 bits per heavy atom. The van der Waals surface area contributed by atoms with Crippen LogP contribution in [0.2, 0.25) is 5.02 Å². The zero-order valence-electron chi connectivity index (χ0n) is 10.4. The normalized spacial score (nSPS) is 11.4. The molecule has 0 heterocycles. The van der Waals surface area contributed by atoms with Gasteiger partial charge in [0.25, 0.3) is 0 Å². The highest BCUT2D eigenvalue weighted by atomic mass is 35.5. The van der Waals surface area contributed by atoms with Gasteiger partial charge < -0.3 is 15.2 Å². The van der Waals surface area contributed by atoms with Crippen molar-refractivity contribution in [3.05, 3.63) is 40.4 Å². The number of halogens is 1. The molecule has 1 aromatic rings. The van der Waals surface area contributed by atoms with Crippen molar-refractivity contribution in [1.82, 2.24) is 5.32 Å². The topological polar surface area (TPSA) is 58.6 Å². The molecule has 18 heavy (non-hydrogen) atoms. The van der Waals surface area contributed by atoms with Crippen LogP contribution in [-0.4, -0.2) is 24.7 Å². The number of rotatable bonds is 6. The lowest BCUT2D eigenvalue weighted by molar-refractivity contribution is -0.131. The molecule has 0 aliphatic carbocycles. The molecule has 0 aliphatic heterocycles. The zero-order chi connectivity index (χ0) is 13.5. The van der Waals surface area contributed by atoms with E-state index in [2.05, 4.69) is 5.32 Å². The van der Waals surface area contributed by atoms with Crippen LogP contribution >= 0.6 is 11.6 Å². The van der Waals surface area contributed by atoms with Gasteiger partial charge in [0, 0.05) is 29.8 Å². The van der Waals surface area contributed by atoms with Crippen LogP contribution in [-0.2, 0) is 11.3 Å². The number of carboxylic acids is 1. The van der Waals surface area contributed by atoms with E-state index in [1.54, 1.807) is 20.1 Å². The third-order valence-electron chi connectivity index (χ3n) is 2.37. The van der Waals surface area contributed by atoms with E-state index in [-0.39, 0.29) is 0 Å². The predicted octanol–water partition coefficient (Wildman–Crippen LogP) is 2.47. The molecule has 0 saturated carbocycles. The van der Waals surface area contributed by atoms with E-state index in [0.717, 1.165) is 16.9 Å². The van der Waals surface area contributed by atoms with Gasteiger partial charge in [0.2, 0.25) is 0 Å². The molecule has 1 rings (SSSR count). The van der Waals surface area contributed by atoms with Crippen LogP contribution in [0.1, 0.15) is 12.5 Å². The van der Waals surface area contributed by atoms with Gasteiger partial charge in [0.15, 0.2) is 0 Å². The maximum atomic E-state index is 10.5. The molecule has 98 valence electrons. The van der Waals surface area contributed by atoms with E-state index in [4.69, 9.17) is 21.4 Å². The predicted molar refractivity (Wildman–Crippen MR) is 71.1 cm³/mol. The molecule has 0 amide bonds. The fraction of sp³-hybridized carbons (Fsp3) is 0.308. The maximum Gasteiger partial charge on any atom is 0.328 e. The fourth-order valence-electron chi connectivity index (χ4n) is 1.55. The Kier molecular flexibility index (Phi) is 5.68. The summed E-state index contributed by atoms with van der Waals surface area (Å²) in [5, 5.41) is 12.3. The summed E-state index contributed by atoms with van der Waals surface area (Å²) in [5.74, 6) is -0.223. The maximum absolute atomic E-state index is 10.5. The molecule has 0 bridgehead atoms.